The number of fused-ring (bicyclic) bond motifs is 1. The molecule has 0 radical (unpaired) electrons. The van der Waals surface area contributed by atoms with Crippen LogP contribution in [0, 0.1) is 6.92 Å². The van der Waals surface area contributed by atoms with Crippen LogP contribution >= 0.6 is 11.3 Å². The minimum absolute atomic E-state index is 0.0264. The van der Waals surface area contributed by atoms with Crippen molar-refractivity contribution in [2.75, 3.05) is 32.1 Å². The number of rotatable bonds is 7. The zero-order valence-electron chi connectivity index (χ0n) is 16.6. The highest BCUT2D eigenvalue weighted by Gasteiger charge is 2.21. The van der Waals surface area contributed by atoms with Crippen molar-refractivity contribution in [1.82, 2.24) is 4.98 Å². The van der Waals surface area contributed by atoms with E-state index in [1.165, 1.54) is 10.5 Å². The number of aryl methyl sites for hydroxylation is 2. The second-order valence-electron chi connectivity index (χ2n) is 7.29. The van der Waals surface area contributed by atoms with Crippen molar-refractivity contribution in [3.63, 3.8) is 0 Å². The Morgan fingerprint density at radius 3 is 2.56 bits per heavy atom. The van der Waals surface area contributed by atoms with E-state index in [0.717, 1.165) is 40.3 Å². The minimum atomic E-state index is 0.0264. The zero-order chi connectivity index (χ0) is 19.4. The van der Waals surface area contributed by atoms with Gasteiger partial charge in [-0.25, -0.2) is 4.98 Å². The molecule has 0 fully saturated rings. The molecule has 3 aromatic rings. The number of aromatic nitrogens is 1. The van der Waals surface area contributed by atoms with E-state index in [0.29, 0.717) is 12.1 Å². The first kappa shape index (κ1) is 19.5. The van der Waals surface area contributed by atoms with Crippen molar-refractivity contribution in [3.8, 4) is 0 Å². The summed E-state index contributed by atoms with van der Waals surface area (Å²) in [4.78, 5) is 21.2. The largest absolute Gasteiger partial charge is 0.340 e. The molecule has 0 aliphatic carbocycles. The van der Waals surface area contributed by atoms with E-state index in [-0.39, 0.29) is 5.91 Å². The van der Waals surface area contributed by atoms with Gasteiger partial charge in [0.15, 0.2) is 5.13 Å². The van der Waals surface area contributed by atoms with Crippen LogP contribution in [0.5, 0.6) is 0 Å². The Bertz CT molecular complexity index is 915. The Labute approximate surface area is 165 Å². The summed E-state index contributed by atoms with van der Waals surface area (Å²) in [6.45, 7) is 5.88. The highest BCUT2D eigenvalue weighted by atomic mass is 32.1. The average Bonchev–Trinajstić information content (AvgIpc) is 3.07. The number of thiazole rings is 1. The monoisotopic (exact) mass is 382 g/mol. The molecule has 5 heteroatoms. The number of amides is 1. The van der Waals surface area contributed by atoms with Crippen molar-refractivity contribution in [2.24, 2.45) is 0 Å². The van der Waals surface area contributed by atoms with E-state index < -0.39 is 0 Å². The lowest BCUT2D eigenvalue weighted by Crippen LogP contribution is -3.05. The average molecular weight is 383 g/mol. The molecule has 0 atom stereocenters. The summed E-state index contributed by atoms with van der Waals surface area (Å²) in [6.07, 6.45) is 1.94. The molecule has 0 saturated heterocycles. The Morgan fingerprint density at radius 1 is 1.15 bits per heavy atom. The lowest BCUT2D eigenvalue weighted by molar-refractivity contribution is -0.858. The predicted octanol–water partition coefficient (Wildman–Crippen LogP) is 3.35. The minimum Gasteiger partial charge on any atom is -0.340 e. The maximum atomic E-state index is 13.2. The Hall–Kier alpha value is -2.24. The quantitative estimate of drug-likeness (QED) is 0.680. The summed E-state index contributed by atoms with van der Waals surface area (Å²) < 4.78 is 1.14. The smallest absolute Gasteiger partial charge is 0.260 e. The van der Waals surface area contributed by atoms with Crippen molar-refractivity contribution in [3.05, 3.63) is 59.2 Å². The first-order valence-electron chi connectivity index (χ1n) is 9.55. The summed E-state index contributed by atoms with van der Waals surface area (Å²) in [5.41, 5.74) is 4.13. The standard InChI is InChI=1S/C22H27N3OS/c1-5-17-9-12-19-20(15-17)27-22(23-19)25(14-6-13-24(3)4)21(26)18-10-7-16(2)8-11-18/h7-12,15H,5-6,13-14H2,1-4H3/p+1. The molecule has 0 bridgehead atoms. The van der Waals surface area contributed by atoms with E-state index in [2.05, 4.69) is 39.2 Å². The van der Waals surface area contributed by atoms with Gasteiger partial charge in [-0.2, -0.15) is 0 Å². The van der Waals surface area contributed by atoms with Crippen LogP contribution < -0.4 is 9.80 Å². The maximum absolute atomic E-state index is 13.2. The third-order valence-electron chi connectivity index (χ3n) is 4.68. The van der Waals surface area contributed by atoms with E-state index in [1.807, 2.05) is 36.1 Å². The number of carbonyl (C=O) groups is 1. The van der Waals surface area contributed by atoms with Gasteiger partial charge >= 0.3 is 0 Å². The predicted molar refractivity (Wildman–Crippen MR) is 114 cm³/mol. The molecule has 0 saturated carbocycles. The Balaban J connectivity index is 1.93. The fraction of sp³-hybridized carbons (Fsp3) is 0.364. The van der Waals surface area contributed by atoms with Crippen LogP contribution in [0.3, 0.4) is 0 Å². The second-order valence-corrected chi connectivity index (χ2v) is 8.29. The molecule has 2 aromatic carbocycles. The molecule has 27 heavy (non-hydrogen) atoms. The lowest BCUT2D eigenvalue weighted by atomic mass is 10.1. The molecule has 0 spiro atoms. The van der Waals surface area contributed by atoms with E-state index >= 15 is 0 Å². The van der Waals surface area contributed by atoms with Gasteiger partial charge in [0.1, 0.15) is 0 Å². The Kier molecular flexibility index (Phi) is 6.24. The van der Waals surface area contributed by atoms with Gasteiger partial charge < -0.3 is 4.90 Å². The van der Waals surface area contributed by atoms with Gasteiger partial charge in [-0.05, 0) is 43.2 Å². The van der Waals surface area contributed by atoms with Crippen LogP contribution in [-0.4, -0.2) is 38.1 Å². The molecule has 3 rings (SSSR count). The third kappa shape index (κ3) is 4.73. The Morgan fingerprint density at radius 2 is 1.89 bits per heavy atom. The highest BCUT2D eigenvalue weighted by Crippen LogP contribution is 2.30. The first-order valence-corrected chi connectivity index (χ1v) is 10.4. The molecule has 1 aromatic heterocycles. The van der Waals surface area contributed by atoms with Crippen LogP contribution in [0.15, 0.2) is 42.5 Å². The zero-order valence-corrected chi connectivity index (χ0v) is 17.4. The number of benzene rings is 2. The molecule has 0 unspecified atom stereocenters. The number of hydrogen-bond acceptors (Lipinski definition) is 3. The second kappa shape index (κ2) is 8.63. The molecule has 0 aliphatic heterocycles. The third-order valence-corrected chi connectivity index (χ3v) is 5.72. The molecule has 142 valence electrons. The van der Waals surface area contributed by atoms with Gasteiger partial charge in [-0.1, -0.05) is 42.0 Å². The number of nitrogens with one attached hydrogen (secondary N) is 1. The topological polar surface area (TPSA) is 37.6 Å². The normalized spacial score (nSPS) is 11.3. The van der Waals surface area contributed by atoms with Crippen molar-refractivity contribution >= 4 is 32.6 Å². The lowest BCUT2D eigenvalue weighted by Gasteiger charge is -2.20. The van der Waals surface area contributed by atoms with E-state index in [9.17, 15) is 4.79 Å². The molecule has 0 aliphatic rings. The molecule has 4 nitrogen and oxygen atoms in total. The van der Waals surface area contributed by atoms with Crippen molar-refractivity contribution in [1.29, 1.82) is 0 Å². The van der Waals surface area contributed by atoms with Crippen LogP contribution in [0.1, 0.15) is 34.8 Å². The summed E-state index contributed by atoms with van der Waals surface area (Å²) in [5, 5.41) is 0.789. The maximum Gasteiger partial charge on any atom is 0.260 e. The molecular formula is C22H28N3OS+. The van der Waals surface area contributed by atoms with Crippen molar-refractivity contribution < 1.29 is 9.69 Å². The highest BCUT2D eigenvalue weighted by molar-refractivity contribution is 7.22. The van der Waals surface area contributed by atoms with Gasteiger partial charge in [0, 0.05) is 18.5 Å². The number of anilines is 1. The van der Waals surface area contributed by atoms with Crippen LogP contribution in [0.25, 0.3) is 10.2 Å². The fourth-order valence-electron chi connectivity index (χ4n) is 3.02. The van der Waals surface area contributed by atoms with Crippen LogP contribution in [0.4, 0.5) is 5.13 Å². The van der Waals surface area contributed by atoms with Crippen LogP contribution in [0.2, 0.25) is 0 Å². The van der Waals surface area contributed by atoms with Gasteiger partial charge in [-0.3, -0.25) is 9.69 Å². The van der Waals surface area contributed by atoms with Crippen molar-refractivity contribution in [2.45, 2.75) is 26.7 Å². The van der Waals surface area contributed by atoms with E-state index in [4.69, 9.17) is 4.98 Å². The first-order chi connectivity index (χ1) is 13.0. The van der Waals surface area contributed by atoms with Gasteiger partial charge in [0.2, 0.25) is 0 Å². The van der Waals surface area contributed by atoms with Gasteiger partial charge in [0.05, 0.1) is 30.9 Å². The molecular weight excluding hydrogens is 354 g/mol. The molecule has 1 amide bonds. The van der Waals surface area contributed by atoms with E-state index in [1.54, 1.807) is 11.3 Å². The number of hydrogen-bond donors (Lipinski definition) is 1. The number of nitrogens with zero attached hydrogens (tertiary/aromatic N) is 2. The summed E-state index contributed by atoms with van der Waals surface area (Å²) >= 11 is 1.61. The summed E-state index contributed by atoms with van der Waals surface area (Å²) in [7, 11) is 4.27. The number of quaternary nitrogens is 1. The van der Waals surface area contributed by atoms with Crippen LogP contribution in [-0.2, 0) is 6.42 Å². The number of carbonyl (C=O) groups excluding carboxylic acids is 1. The molecule has 1 heterocycles. The SMILES string of the molecule is CCc1ccc2nc(N(CCC[NH+](C)C)C(=O)c3ccc(C)cc3)sc2c1. The van der Waals surface area contributed by atoms with Gasteiger partial charge in [0.25, 0.3) is 5.91 Å². The van der Waals surface area contributed by atoms with Gasteiger partial charge in [-0.15, -0.1) is 0 Å². The summed E-state index contributed by atoms with van der Waals surface area (Å²) in [5.74, 6) is 0.0264. The molecule has 1 N–H and O–H groups in total. The summed E-state index contributed by atoms with van der Waals surface area (Å²) in [6, 6.07) is 14.2. The fourth-order valence-corrected chi connectivity index (χ4v) is 4.07.